The van der Waals surface area contributed by atoms with E-state index in [1.807, 2.05) is 6.07 Å². The molecule has 1 aromatic heterocycles. The third-order valence-electron chi connectivity index (χ3n) is 2.15. The minimum Gasteiger partial charge on any atom is -0.478 e. The fraction of sp³-hybridized carbons (Fsp3) is 0.444. The van der Waals surface area contributed by atoms with Gasteiger partial charge in [-0.25, -0.2) is 4.79 Å². The molecule has 2 N–H and O–H groups in total. The van der Waals surface area contributed by atoms with Gasteiger partial charge in [-0.05, 0) is 18.6 Å². The number of carbonyl (C=O) groups is 1. The fourth-order valence-electron chi connectivity index (χ4n) is 1.47. The Balaban J connectivity index is 2.04. The maximum atomic E-state index is 10.7. The van der Waals surface area contributed by atoms with E-state index in [-0.39, 0.29) is 6.04 Å². The molecule has 0 saturated carbocycles. The normalized spacial score (nSPS) is 27.4. The third kappa shape index (κ3) is 1.78. The second kappa shape index (κ2) is 3.81. The number of hydrogen-bond acceptors (Lipinski definition) is 4. The molecule has 76 valence electrons. The molecule has 1 aliphatic heterocycles. The molecule has 0 spiro atoms. The Morgan fingerprint density at radius 3 is 3.14 bits per heavy atom. The number of nitrogens with one attached hydrogen (secondary N) is 1. The topological polar surface area (TPSA) is 71.7 Å². The van der Waals surface area contributed by atoms with Crippen LogP contribution in [0.2, 0.25) is 0 Å². The highest BCUT2D eigenvalue weighted by Crippen LogP contribution is 2.21. The van der Waals surface area contributed by atoms with E-state index in [1.54, 1.807) is 12.3 Å². The van der Waals surface area contributed by atoms with Crippen molar-refractivity contribution >= 4 is 5.97 Å². The zero-order chi connectivity index (χ0) is 9.97. The molecule has 0 amide bonds. The van der Waals surface area contributed by atoms with E-state index in [0.29, 0.717) is 6.61 Å². The maximum Gasteiger partial charge on any atom is 0.348 e. The lowest BCUT2D eigenvalue weighted by molar-refractivity contribution is -0.157. The van der Waals surface area contributed by atoms with E-state index in [0.717, 1.165) is 12.2 Å². The van der Waals surface area contributed by atoms with E-state index < -0.39 is 12.2 Å². The van der Waals surface area contributed by atoms with Gasteiger partial charge in [0.2, 0.25) is 6.23 Å². The summed E-state index contributed by atoms with van der Waals surface area (Å²) < 4.78 is 10.2. The van der Waals surface area contributed by atoms with Crippen LogP contribution in [0.15, 0.2) is 22.8 Å². The van der Waals surface area contributed by atoms with Gasteiger partial charge in [0.15, 0.2) is 0 Å². The summed E-state index contributed by atoms with van der Waals surface area (Å²) in [5, 5.41) is 11.6. The van der Waals surface area contributed by atoms with Crippen LogP contribution in [0.5, 0.6) is 0 Å². The summed E-state index contributed by atoms with van der Waals surface area (Å²) in [6, 6.07) is 3.53. The second-order valence-corrected chi connectivity index (χ2v) is 3.11. The van der Waals surface area contributed by atoms with E-state index in [9.17, 15) is 4.79 Å². The first-order chi connectivity index (χ1) is 6.77. The Morgan fingerprint density at radius 2 is 2.50 bits per heavy atom. The molecule has 1 aromatic rings. The van der Waals surface area contributed by atoms with Crippen molar-refractivity contribution in [2.24, 2.45) is 0 Å². The van der Waals surface area contributed by atoms with Gasteiger partial charge in [-0.1, -0.05) is 0 Å². The summed E-state index contributed by atoms with van der Waals surface area (Å²) >= 11 is 0. The molecule has 14 heavy (non-hydrogen) atoms. The summed E-state index contributed by atoms with van der Waals surface area (Å²) in [6.45, 7) is 0.426. The molecular formula is C9H11NO4. The summed E-state index contributed by atoms with van der Waals surface area (Å²) in [5.74, 6) is -0.249. The second-order valence-electron chi connectivity index (χ2n) is 3.11. The first kappa shape index (κ1) is 9.23. The van der Waals surface area contributed by atoms with Gasteiger partial charge in [0.25, 0.3) is 0 Å². The number of aliphatic carboxylic acids is 1. The Labute approximate surface area is 80.7 Å². The lowest BCUT2D eigenvalue weighted by Crippen LogP contribution is -2.45. The van der Waals surface area contributed by atoms with Crippen molar-refractivity contribution in [3.8, 4) is 0 Å². The van der Waals surface area contributed by atoms with Crippen molar-refractivity contribution < 1.29 is 19.1 Å². The molecule has 0 aromatic carbocycles. The monoisotopic (exact) mass is 197 g/mol. The summed E-state index contributed by atoms with van der Waals surface area (Å²) in [5.41, 5.74) is 0. The molecule has 1 fully saturated rings. The Kier molecular flexibility index (Phi) is 2.51. The number of hydrogen-bond donors (Lipinski definition) is 2. The Morgan fingerprint density at radius 1 is 1.64 bits per heavy atom. The van der Waals surface area contributed by atoms with Crippen LogP contribution in [0.25, 0.3) is 0 Å². The van der Waals surface area contributed by atoms with Gasteiger partial charge < -0.3 is 14.3 Å². The molecule has 2 unspecified atom stereocenters. The highest BCUT2D eigenvalue weighted by molar-refractivity contribution is 5.71. The molecule has 5 heteroatoms. The van der Waals surface area contributed by atoms with Crippen LogP contribution in [0, 0.1) is 0 Å². The van der Waals surface area contributed by atoms with Crippen molar-refractivity contribution in [2.45, 2.75) is 18.7 Å². The number of furan rings is 1. The average Bonchev–Trinajstić information content (AvgIpc) is 2.71. The maximum absolute atomic E-state index is 10.7. The van der Waals surface area contributed by atoms with Gasteiger partial charge in [-0.15, -0.1) is 0 Å². The quantitative estimate of drug-likeness (QED) is 0.731. The zero-order valence-corrected chi connectivity index (χ0v) is 7.47. The molecule has 2 rings (SSSR count). The fourth-order valence-corrected chi connectivity index (χ4v) is 1.47. The van der Waals surface area contributed by atoms with Crippen LogP contribution in [0.1, 0.15) is 18.2 Å². The van der Waals surface area contributed by atoms with Crippen molar-refractivity contribution in [1.82, 2.24) is 5.32 Å². The molecule has 1 saturated heterocycles. The number of carboxylic acids is 1. The highest BCUT2D eigenvalue weighted by Gasteiger charge is 2.28. The van der Waals surface area contributed by atoms with Crippen molar-refractivity contribution in [1.29, 1.82) is 0 Å². The summed E-state index contributed by atoms with van der Waals surface area (Å²) in [7, 11) is 0. The summed E-state index contributed by atoms with van der Waals surface area (Å²) in [4.78, 5) is 10.7. The van der Waals surface area contributed by atoms with Crippen molar-refractivity contribution in [3.05, 3.63) is 24.2 Å². The molecule has 0 aliphatic carbocycles. The summed E-state index contributed by atoms with van der Waals surface area (Å²) in [6.07, 6.45) is 1.36. The predicted octanol–water partition coefficient (Wildman–Crippen LogP) is 0.741. The SMILES string of the molecule is O=C(O)C1NC(c2ccco2)CCO1. The van der Waals surface area contributed by atoms with Gasteiger partial charge >= 0.3 is 5.97 Å². The van der Waals surface area contributed by atoms with Crippen LogP contribution >= 0.6 is 0 Å². The van der Waals surface area contributed by atoms with Gasteiger partial charge in [0.1, 0.15) is 5.76 Å². The minimum atomic E-state index is -0.999. The van der Waals surface area contributed by atoms with Gasteiger partial charge in [0, 0.05) is 0 Å². The van der Waals surface area contributed by atoms with Gasteiger partial charge in [-0.2, -0.15) is 0 Å². The van der Waals surface area contributed by atoms with Gasteiger partial charge in [0.05, 0.1) is 18.9 Å². The number of rotatable bonds is 2. The molecule has 1 aliphatic rings. The zero-order valence-electron chi connectivity index (χ0n) is 7.47. The largest absolute Gasteiger partial charge is 0.478 e. The lowest BCUT2D eigenvalue weighted by atomic mass is 10.1. The van der Waals surface area contributed by atoms with Crippen LogP contribution in [-0.2, 0) is 9.53 Å². The first-order valence-electron chi connectivity index (χ1n) is 4.41. The Bertz CT molecular complexity index is 309. The molecule has 0 bridgehead atoms. The van der Waals surface area contributed by atoms with Crippen LogP contribution in [0.4, 0.5) is 0 Å². The molecule has 5 nitrogen and oxygen atoms in total. The minimum absolute atomic E-state index is 0.0696. The molecule has 2 heterocycles. The standard InChI is InChI=1S/C9H11NO4/c11-9(12)8-10-6(3-5-14-8)7-2-1-4-13-7/h1-2,4,6,8,10H,3,5H2,(H,11,12). The number of ether oxygens (including phenoxy) is 1. The van der Waals surface area contributed by atoms with Crippen molar-refractivity contribution in [2.75, 3.05) is 6.61 Å². The van der Waals surface area contributed by atoms with Gasteiger partial charge in [-0.3, -0.25) is 5.32 Å². The molecule has 0 radical (unpaired) electrons. The third-order valence-corrected chi connectivity index (χ3v) is 2.15. The lowest BCUT2D eigenvalue weighted by Gasteiger charge is -2.27. The van der Waals surface area contributed by atoms with E-state index >= 15 is 0 Å². The molecular weight excluding hydrogens is 186 g/mol. The van der Waals surface area contributed by atoms with E-state index in [2.05, 4.69) is 5.32 Å². The van der Waals surface area contributed by atoms with E-state index in [1.165, 1.54) is 0 Å². The predicted molar refractivity (Wildman–Crippen MR) is 46.6 cm³/mol. The average molecular weight is 197 g/mol. The van der Waals surface area contributed by atoms with E-state index in [4.69, 9.17) is 14.3 Å². The Hall–Kier alpha value is -1.33. The van der Waals surface area contributed by atoms with Crippen LogP contribution in [0.3, 0.4) is 0 Å². The first-order valence-corrected chi connectivity index (χ1v) is 4.41. The highest BCUT2D eigenvalue weighted by atomic mass is 16.5. The number of carboxylic acid groups (broad SMARTS) is 1. The molecule has 2 atom stereocenters. The smallest absolute Gasteiger partial charge is 0.348 e. The van der Waals surface area contributed by atoms with Crippen LogP contribution < -0.4 is 5.32 Å². The van der Waals surface area contributed by atoms with Crippen LogP contribution in [-0.4, -0.2) is 23.9 Å². The van der Waals surface area contributed by atoms with Crippen molar-refractivity contribution in [3.63, 3.8) is 0 Å².